The maximum atomic E-state index is 5.96. The summed E-state index contributed by atoms with van der Waals surface area (Å²) in [5.41, 5.74) is 8.97. The highest BCUT2D eigenvalue weighted by molar-refractivity contribution is 9.10. The van der Waals surface area contributed by atoms with E-state index in [4.69, 9.17) is 10.5 Å². The monoisotopic (exact) mass is 348 g/mol. The van der Waals surface area contributed by atoms with Crippen LogP contribution in [-0.4, -0.2) is 13.7 Å². The molecule has 3 nitrogen and oxygen atoms in total. The van der Waals surface area contributed by atoms with Crippen LogP contribution in [0.5, 0.6) is 5.75 Å². The minimum atomic E-state index is 0.682. The van der Waals surface area contributed by atoms with E-state index in [1.165, 1.54) is 5.56 Å². The fraction of sp³-hybridized carbons (Fsp3) is 0.294. The third-order valence-corrected chi connectivity index (χ3v) is 4.04. The summed E-state index contributed by atoms with van der Waals surface area (Å²) in [6, 6.07) is 14.2. The van der Waals surface area contributed by atoms with E-state index in [1.807, 2.05) is 30.3 Å². The maximum absolute atomic E-state index is 5.96. The van der Waals surface area contributed by atoms with Crippen LogP contribution in [0.3, 0.4) is 0 Å². The molecule has 112 valence electrons. The molecule has 0 saturated carbocycles. The first kappa shape index (κ1) is 15.7. The van der Waals surface area contributed by atoms with Gasteiger partial charge in [0.25, 0.3) is 0 Å². The van der Waals surface area contributed by atoms with Gasteiger partial charge in [-0.3, -0.25) is 0 Å². The molecule has 0 spiro atoms. The average molecular weight is 349 g/mol. The molecule has 0 atom stereocenters. The van der Waals surface area contributed by atoms with Crippen LogP contribution in [0, 0.1) is 0 Å². The Morgan fingerprint density at radius 2 is 1.95 bits per heavy atom. The van der Waals surface area contributed by atoms with Gasteiger partial charge < -0.3 is 15.4 Å². The van der Waals surface area contributed by atoms with E-state index >= 15 is 0 Å². The number of hydrogen-bond donors (Lipinski definition) is 1. The number of nitrogens with zero attached hydrogens (tertiary/aromatic N) is 1. The highest BCUT2D eigenvalue weighted by Gasteiger charge is 2.08. The second-order valence-corrected chi connectivity index (χ2v) is 5.87. The summed E-state index contributed by atoms with van der Waals surface area (Å²) in [7, 11) is 2.06. The summed E-state index contributed by atoms with van der Waals surface area (Å²) in [5.74, 6) is 0.758. The van der Waals surface area contributed by atoms with E-state index in [9.17, 15) is 0 Å². The van der Waals surface area contributed by atoms with Crippen molar-refractivity contribution in [3.63, 3.8) is 0 Å². The first-order chi connectivity index (χ1) is 10.1. The van der Waals surface area contributed by atoms with Gasteiger partial charge in [0.2, 0.25) is 0 Å². The lowest BCUT2D eigenvalue weighted by Gasteiger charge is -2.21. The van der Waals surface area contributed by atoms with Crippen molar-refractivity contribution in [1.82, 2.24) is 0 Å². The Balaban J connectivity index is 2.15. The SMILES string of the molecule is CCCOc1cc(N(C)Cc2ccccc2Br)ccc1N. The number of ether oxygens (including phenoxy) is 1. The lowest BCUT2D eigenvalue weighted by molar-refractivity contribution is 0.319. The molecule has 2 N–H and O–H groups in total. The van der Waals surface area contributed by atoms with Crippen LogP contribution in [0.25, 0.3) is 0 Å². The lowest BCUT2D eigenvalue weighted by atomic mass is 10.2. The number of rotatable bonds is 6. The summed E-state index contributed by atoms with van der Waals surface area (Å²) >= 11 is 3.59. The molecular weight excluding hydrogens is 328 g/mol. The molecule has 0 bridgehead atoms. The van der Waals surface area contributed by atoms with E-state index in [0.717, 1.165) is 28.9 Å². The minimum Gasteiger partial charge on any atom is -0.491 e. The molecule has 2 aromatic carbocycles. The van der Waals surface area contributed by atoms with Crippen LogP contribution in [0.1, 0.15) is 18.9 Å². The quantitative estimate of drug-likeness (QED) is 0.783. The molecule has 0 amide bonds. The first-order valence-electron chi connectivity index (χ1n) is 7.08. The Kier molecular flexibility index (Phi) is 5.51. The fourth-order valence-electron chi connectivity index (χ4n) is 2.07. The Bertz CT molecular complexity index is 601. The van der Waals surface area contributed by atoms with E-state index in [2.05, 4.69) is 46.9 Å². The Morgan fingerprint density at radius 1 is 1.19 bits per heavy atom. The molecule has 21 heavy (non-hydrogen) atoms. The standard InChI is InChI=1S/C17H21BrN2O/c1-3-10-21-17-11-14(8-9-16(17)19)20(2)12-13-6-4-5-7-15(13)18/h4-9,11H,3,10,12,19H2,1-2H3. The second-order valence-electron chi connectivity index (χ2n) is 5.02. The predicted molar refractivity (Wildman–Crippen MR) is 92.9 cm³/mol. The van der Waals surface area contributed by atoms with Crippen molar-refractivity contribution in [3.05, 3.63) is 52.5 Å². The van der Waals surface area contributed by atoms with Crippen LogP contribution in [-0.2, 0) is 6.54 Å². The molecule has 4 heteroatoms. The van der Waals surface area contributed by atoms with Gasteiger partial charge in [-0.1, -0.05) is 41.1 Å². The van der Waals surface area contributed by atoms with Gasteiger partial charge in [-0.2, -0.15) is 0 Å². The Hall–Kier alpha value is -1.68. The molecule has 0 heterocycles. The van der Waals surface area contributed by atoms with Crippen LogP contribution >= 0.6 is 15.9 Å². The molecule has 0 aromatic heterocycles. The molecule has 0 unspecified atom stereocenters. The van der Waals surface area contributed by atoms with Crippen LogP contribution in [0.15, 0.2) is 46.9 Å². The number of benzene rings is 2. The topological polar surface area (TPSA) is 38.5 Å². The summed E-state index contributed by atoms with van der Waals surface area (Å²) in [5, 5.41) is 0. The van der Waals surface area contributed by atoms with Gasteiger partial charge in [0.1, 0.15) is 5.75 Å². The van der Waals surface area contributed by atoms with E-state index in [0.29, 0.717) is 12.3 Å². The zero-order chi connectivity index (χ0) is 15.2. The third-order valence-electron chi connectivity index (χ3n) is 3.26. The van der Waals surface area contributed by atoms with E-state index < -0.39 is 0 Å². The van der Waals surface area contributed by atoms with Crippen molar-refractivity contribution in [2.75, 3.05) is 24.3 Å². The number of nitrogens with two attached hydrogens (primary N) is 1. The molecule has 0 saturated heterocycles. The van der Waals surface area contributed by atoms with E-state index in [-0.39, 0.29) is 0 Å². The van der Waals surface area contributed by atoms with Crippen molar-refractivity contribution >= 4 is 27.3 Å². The number of halogens is 1. The molecule has 0 fully saturated rings. The maximum Gasteiger partial charge on any atom is 0.144 e. The molecule has 0 radical (unpaired) electrons. The number of nitrogen functional groups attached to an aromatic ring is 1. The predicted octanol–water partition coefficient (Wildman–Crippen LogP) is 4.46. The normalized spacial score (nSPS) is 10.4. The van der Waals surface area contributed by atoms with Crippen molar-refractivity contribution in [1.29, 1.82) is 0 Å². The highest BCUT2D eigenvalue weighted by atomic mass is 79.9. The molecule has 0 aliphatic heterocycles. The fourth-order valence-corrected chi connectivity index (χ4v) is 2.48. The zero-order valence-corrected chi connectivity index (χ0v) is 14.1. The van der Waals surface area contributed by atoms with Gasteiger partial charge in [-0.15, -0.1) is 0 Å². The summed E-state index contributed by atoms with van der Waals surface area (Å²) in [6.45, 7) is 3.58. The van der Waals surface area contributed by atoms with Crippen molar-refractivity contribution < 1.29 is 4.74 Å². The largest absolute Gasteiger partial charge is 0.491 e. The summed E-state index contributed by atoms with van der Waals surface area (Å²) < 4.78 is 6.81. The van der Waals surface area contributed by atoms with Crippen LogP contribution < -0.4 is 15.4 Å². The summed E-state index contributed by atoms with van der Waals surface area (Å²) in [4.78, 5) is 2.18. The van der Waals surface area contributed by atoms with Gasteiger partial charge in [0, 0.05) is 29.8 Å². The Morgan fingerprint density at radius 3 is 2.67 bits per heavy atom. The molecular formula is C17H21BrN2O. The third kappa shape index (κ3) is 4.14. The first-order valence-corrected chi connectivity index (χ1v) is 7.88. The number of hydrogen-bond acceptors (Lipinski definition) is 3. The summed E-state index contributed by atoms with van der Waals surface area (Å²) in [6.07, 6.45) is 0.969. The molecule has 0 aliphatic carbocycles. The second kappa shape index (κ2) is 7.36. The minimum absolute atomic E-state index is 0.682. The smallest absolute Gasteiger partial charge is 0.144 e. The van der Waals surface area contributed by atoms with Crippen LogP contribution in [0.2, 0.25) is 0 Å². The van der Waals surface area contributed by atoms with Gasteiger partial charge in [-0.05, 0) is 30.2 Å². The molecule has 2 rings (SSSR count). The molecule has 2 aromatic rings. The Labute approximate surface area is 134 Å². The van der Waals surface area contributed by atoms with Crippen molar-refractivity contribution in [2.24, 2.45) is 0 Å². The van der Waals surface area contributed by atoms with Gasteiger partial charge >= 0.3 is 0 Å². The van der Waals surface area contributed by atoms with Gasteiger partial charge in [-0.25, -0.2) is 0 Å². The van der Waals surface area contributed by atoms with Gasteiger partial charge in [0.15, 0.2) is 0 Å². The van der Waals surface area contributed by atoms with Crippen molar-refractivity contribution in [2.45, 2.75) is 19.9 Å². The van der Waals surface area contributed by atoms with Crippen molar-refractivity contribution in [3.8, 4) is 5.75 Å². The number of anilines is 2. The van der Waals surface area contributed by atoms with Crippen LogP contribution in [0.4, 0.5) is 11.4 Å². The zero-order valence-electron chi connectivity index (χ0n) is 12.5. The van der Waals surface area contributed by atoms with E-state index in [1.54, 1.807) is 0 Å². The lowest BCUT2D eigenvalue weighted by Crippen LogP contribution is -2.17. The molecule has 0 aliphatic rings. The average Bonchev–Trinajstić information content (AvgIpc) is 2.48. The van der Waals surface area contributed by atoms with Gasteiger partial charge in [0.05, 0.1) is 12.3 Å². The highest BCUT2D eigenvalue weighted by Crippen LogP contribution is 2.29.